The number of nitrogens with one attached hydrogen (secondary N) is 2. The van der Waals surface area contributed by atoms with Crippen molar-refractivity contribution < 1.29 is 9.18 Å². The molecule has 0 aliphatic heterocycles. The first-order chi connectivity index (χ1) is 11.5. The number of hydrogen-bond acceptors (Lipinski definition) is 3. The van der Waals surface area contributed by atoms with E-state index in [1.807, 2.05) is 19.1 Å². The lowest BCUT2D eigenvalue weighted by molar-refractivity contribution is 0.0949. The van der Waals surface area contributed by atoms with Gasteiger partial charge in [0.2, 0.25) is 0 Å². The largest absolute Gasteiger partial charge is 0.350 e. The number of amides is 1. The van der Waals surface area contributed by atoms with Gasteiger partial charge in [-0.25, -0.2) is 4.39 Å². The average molecular weight is 364 g/mol. The maximum atomic E-state index is 13.7. The summed E-state index contributed by atoms with van der Waals surface area (Å²) in [6.07, 6.45) is 0.318. The highest BCUT2D eigenvalue weighted by Gasteiger charge is 2.13. The summed E-state index contributed by atoms with van der Waals surface area (Å²) in [4.78, 5) is 14.4. The fourth-order valence-corrected chi connectivity index (χ4v) is 3.40. The van der Waals surface area contributed by atoms with E-state index in [9.17, 15) is 9.18 Å². The minimum absolute atomic E-state index is 0.278. The Hall–Kier alpha value is -2.18. The second-order valence-corrected chi connectivity index (χ2v) is 6.98. The number of nitrogens with zero attached hydrogens (tertiary/aromatic N) is 1. The van der Waals surface area contributed by atoms with Crippen LogP contribution in [-0.4, -0.2) is 22.6 Å². The molecule has 0 saturated heterocycles. The number of carbonyl (C=O) groups excluding carboxylic acids is 1. The van der Waals surface area contributed by atoms with Crippen LogP contribution < -0.4 is 5.32 Å². The predicted molar refractivity (Wildman–Crippen MR) is 94.1 cm³/mol. The fourth-order valence-electron chi connectivity index (χ4n) is 2.31. The summed E-state index contributed by atoms with van der Waals surface area (Å²) in [5, 5.41) is 9.98. The van der Waals surface area contributed by atoms with Crippen LogP contribution in [0.5, 0.6) is 0 Å². The molecule has 2 aromatic heterocycles. The molecule has 3 rings (SSSR count). The third-order valence-electron chi connectivity index (χ3n) is 3.54. The lowest BCUT2D eigenvalue weighted by atomic mass is 10.1. The Bertz CT molecular complexity index is 854. The van der Waals surface area contributed by atoms with Gasteiger partial charge < -0.3 is 5.32 Å². The first kappa shape index (κ1) is 16.7. The van der Waals surface area contributed by atoms with Crippen molar-refractivity contribution in [3.8, 4) is 10.6 Å². The highest BCUT2D eigenvalue weighted by Crippen LogP contribution is 2.26. The molecule has 0 aliphatic carbocycles. The Morgan fingerprint density at radius 1 is 1.38 bits per heavy atom. The van der Waals surface area contributed by atoms with Gasteiger partial charge in [-0.2, -0.15) is 5.10 Å². The van der Waals surface area contributed by atoms with E-state index in [0.29, 0.717) is 22.7 Å². The van der Waals surface area contributed by atoms with Gasteiger partial charge in [0.25, 0.3) is 5.91 Å². The molecule has 0 atom stereocenters. The van der Waals surface area contributed by atoms with E-state index >= 15 is 0 Å². The average Bonchev–Trinajstić information content (AvgIpc) is 3.19. The summed E-state index contributed by atoms with van der Waals surface area (Å²) in [5.41, 5.74) is 1.50. The van der Waals surface area contributed by atoms with Crippen LogP contribution in [0.2, 0.25) is 5.02 Å². The van der Waals surface area contributed by atoms with Gasteiger partial charge >= 0.3 is 0 Å². The molecule has 0 fully saturated rings. The van der Waals surface area contributed by atoms with E-state index in [1.54, 1.807) is 29.5 Å². The molecule has 0 bridgehead atoms. The van der Waals surface area contributed by atoms with Crippen LogP contribution in [0.3, 0.4) is 0 Å². The van der Waals surface area contributed by atoms with E-state index in [-0.39, 0.29) is 18.3 Å². The molecule has 0 aliphatic rings. The Labute approximate surface area is 147 Å². The van der Waals surface area contributed by atoms with Crippen molar-refractivity contribution in [2.24, 2.45) is 0 Å². The Kier molecular flexibility index (Phi) is 4.97. The van der Waals surface area contributed by atoms with E-state index < -0.39 is 0 Å². The van der Waals surface area contributed by atoms with E-state index in [0.717, 1.165) is 10.6 Å². The first-order valence-corrected chi connectivity index (χ1v) is 8.57. The van der Waals surface area contributed by atoms with Gasteiger partial charge in [0, 0.05) is 22.0 Å². The molecule has 124 valence electrons. The zero-order valence-corrected chi connectivity index (χ0v) is 14.5. The van der Waals surface area contributed by atoms with Crippen LogP contribution >= 0.6 is 22.9 Å². The van der Waals surface area contributed by atoms with Gasteiger partial charge in [0.1, 0.15) is 5.82 Å². The zero-order chi connectivity index (χ0) is 17.1. The van der Waals surface area contributed by atoms with Gasteiger partial charge in [-0.15, -0.1) is 11.3 Å². The van der Waals surface area contributed by atoms with Gasteiger partial charge in [0.05, 0.1) is 10.6 Å². The fraction of sp³-hybridized carbons (Fsp3) is 0.176. The van der Waals surface area contributed by atoms with Gasteiger partial charge in [0.15, 0.2) is 5.69 Å². The zero-order valence-electron chi connectivity index (χ0n) is 12.9. The maximum Gasteiger partial charge on any atom is 0.271 e. The number of H-pyrrole nitrogens is 1. The van der Waals surface area contributed by atoms with Crippen molar-refractivity contribution >= 4 is 28.8 Å². The lowest BCUT2D eigenvalue weighted by Gasteiger charge is -2.06. The quantitative estimate of drug-likeness (QED) is 0.713. The van der Waals surface area contributed by atoms with Gasteiger partial charge in [-0.3, -0.25) is 9.89 Å². The monoisotopic (exact) mass is 363 g/mol. The number of aromatic amines is 1. The highest BCUT2D eigenvalue weighted by molar-refractivity contribution is 7.15. The Balaban J connectivity index is 1.61. The highest BCUT2D eigenvalue weighted by atomic mass is 35.5. The normalized spacial score (nSPS) is 10.8. The van der Waals surface area contributed by atoms with Crippen LogP contribution in [0.4, 0.5) is 4.39 Å². The van der Waals surface area contributed by atoms with Crippen LogP contribution in [0.25, 0.3) is 10.6 Å². The van der Waals surface area contributed by atoms with Crippen LogP contribution in [0.1, 0.15) is 20.9 Å². The molecule has 0 spiro atoms. The molecule has 1 aromatic carbocycles. The topological polar surface area (TPSA) is 57.8 Å². The molecule has 2 heterocycles. The van der Waals surface area contributed by atoms with Crippen molar-refractivity contribution in [1.29, 1.82) is 0 Å². The minimum Gasteiger partial charge on any atom is -0.350 e. The maximum absolute atomic E-state index is 13.7. The van der Waals surface area contributed by atoms with E-state index in [4.69, 9.17) is 11.6 Å². The summed E-state index contributed by atoms with van der Waals surface area (Å²) < 4.78 is 13.7. The third-order valence-corrected chi connectivity index (χ3v) is 4.93. The minimum atomic E-state index is -0.369. The molecule has 0 saturated carbocycles. The predicted octanol–water partition coefficient (Wildman–Crippen LogP) is 4.21. The standard InChI is InChI=1S/C17H15ClFN3OS/c1-10-5-6-16(24-10)14-9-15(22-21-14)17(23)20-8-7-11-12(18)3-2-4-13(11)19/h2-6,9H,7-8H2,1H3,(H,20,23)(H,21,22). The summed E-state index contributed by atoms with van der Waals surface area (Å²) in [6, 6.07) is 10.2. The summed E-state index contributed by atoms with van der Waals surface area (Å²) in [6.45, 7) is 2.30. The number of halogens is 2. The SMILES string of the molecule is Cc1ccc(-c2cc(C(=O)NCCc3c(F)cccc3Cl)n[nH]2)s1. The molecule has 4 nitrogen and oxygen atoms in total. The summed E-state index contributed by atoms with van der Waals surface area (Å²) >= 11 is 7.59. The van der Waals surface area contributed by atoms with Crippen molar-refractivity contribution in [2.45, 2.75) is 13.3 Å². The van der Waals surface area contributed by atoms with Crippen LogP contribution in [0, 0.1) is 12.7 Å². The molecule has 24 heavy (non-hydrogen) atoms. The Morgan fingerprint density at radius 3 is 2.92 bits per heavy atom. The molecule has 0 radical (unpaired) electrons. The number of thiophene rings is 1. The summed E-state index contributed by atoms with van der Waals surface area (Å²) in [7, 11) is 0. The van der Waals surface area contributed by atoms with Crippen LogP contribution in [0.15, 0.2) is 36.4 Å². The number of carbonyl (C=O) groups is 1. The van der Waals surface area contributed by atoms with Gasteiger partial charge in [-0.05, 0) is 43.7 Å². The molecular weight excluding hydrogens is 349 g/mol. The van der Waals surface area contributed by atoms with Crippen molar-refractivity contribution in [2.75, 3.05) is 6.54 Å². The Morgan fingerprint density at radius 2 is 2.21 bits per heavy atom. The van der Waals surface area contributed by atoms with Crippen molar-refractivity contribution in [3.05, 3.63) is 63.4 Å². The van der Waals surface area contributed by atoms with Crippen LogP contribution in [-0.2, 0) is 6.42 Å². The molecule has 3 aromatic rings. The van der Waals surface area contributed by atoms with Crippen molar-refractivity contribution in [3.63, 3.8) is 0 Å². The third kappa shape index (κ3) is 3.66. The first-order valence-electron chi connectivity index (χ1n) is 7.38. The summed E-state index contributed by atoms with van der Waals surface area (Å²) in [5.74, 6) is -0.676. The van der Waals surface area contributed by atoms with Crippen molar-refractivity contribution in [1.82, 2.24) is 15.5 Å². The smallest absolute Gasteiger partial charge is 0.271 e. The number of benzene rings is 1. The lowest BCUT2D eigenvalue weighted by Crippen LogP contribution is -2.26. The van der Waals surface area contributed by atoms with E-state index in [2.05, 4.69) is 15.5 Å². The second kappa shape index (κ2) is 7.15. The number of hydrogen-bond donors (Lipinski definition) is 2. The second-order valence-electron chi connectivity index (χ2n) is 5.28. The molecule has 1 amide bonds. The molecule has 0 unspecified atom stereocenters. The number of rotatable bonds is 5. The number of aromatic nitrogens is 2. The number of aryl methyl sites for hydroxylation is 1. The molecule has 7 heteroatoms. The van der Waals surface area contributed by atoms with E-state index in [1.165, 1.54) is 10.9 Å². The van der Waals surface area contributed by atoms with Gasteiger partial charge in [-0.1, -0.05) is 17.7 Å². The molecule has 2 N–H and O–H groups in total. The molecular formula is C17H15ClFN3OS.